The van der Waals surface area contributed by atoms with E-state index in [1.807, 2.05) is 18.2 Å². The maximum Gasteiger partial charge on any atom is 0.179 e. The molecule has 0 aliphatic carbocycles. The number of ether oxygens (including phenoxy) is 2. The van der Waals surface area contributed by atoms with Gasteiger partial charge in [0.15, 0.2) is 5.78 Å². The number of thiazole rings is 1. The second kappa shape index (κ2) is 5.18. The molecule has 0 amide bonds. The molecule has 0 N–H and O–H groups in total. The number of hydrogen-bond donors (Lipinski definition) is 0. The number of carbonyl (C=O) groups excluding carboxylic acids is 1. The van der Waals surface area contributed by atoms with Gasteiger partial charge in [-0.05, 0) is 18.2 Å². The van der Waals surface area contributed by atoms with Crippen LogP contribution in [0.4, 0.5) is 0 Å². The van der Waals surface area contributed by atoms with Crippen molar-refractivity contribution in [1.82, 2.24) is 4.98 Å². The van der Waals surface area contributed by atoms with Crippen LogP contribution in [0.5, 0.6) is 11.5 Å². The number of rotatable bonds is 4. The molecule has 0 bridgehead atoms. The number of hydrogen-bond acceptors (Lipinski definition) is 5. The van der Waals surface area contributed by atoms with Crippen LogP contribution in [0.3, 0.4) is 0 Å². The highest BCUT2D eigenvalue weighted by Gasteiger charge is 2.17. The lowest BCUT2D eigenvalue weighted by atomic mass is 10.1. The smallest absolute Gasteiger partial charge is 0.179 e. The van der Waals surface area contributed by atoms with Crippen molar-refractivity contribution in [2.75, 3.05) is 14.2 Å². The van der Waals surface area contributed by atoms with Gasteiger partial charge in [0.25, 0.3) is 0 Å². The average molecular weight is 263 g/mol. The van der Waals surface area contributed by atoms with Crippen molar-refractivity contribution < 1.29 is 14.3 Å². The van der Waals surface area contributed by atoms with Crippen LogP contribution in [0.15, 0.2) is 23.7 Å². The summed E-state index contributed by atoms with van der Waals surface area (Å²) < 4.78 is 10.5. The van der Waals surface area contributed by atoms with Gasteiger partial charge in [0.05, 0.1) is 24.6 Å². The SMILES string of the molecule is COc1ccc(OC)c(-c2scnc2C(C)=O)c1. The van der Waals surface area contributed by atoms with Crippen molar-refractivity contribution in [2.45, 2.75) is 6.92 Å². The molecule has 1 aromatic carbocycles. The minimum Gasteiger partial charge on any atom is -0.497 e. The van der Waals surface area contributed by atoms with E-state index in [1.54, 1.807) is 19.7 Å². The van der Waals surface area contributed by atoms with E-state index >= 15 is 0 Å². The highest BCUT2D eigenvalue weighted by molar-refractivity contribution is 7.13. The largest absolute Gasteiger partial charge is 0.497 e. The predicted octanol–water partition coefficient (Wildman–Crippen LogP) is 3.03. The topological polar surface area (TPSA) is 48.4 Å². The number of benzene rings is 1. The van der Waals surface area contributed by atoms with Gasteiger partial charge in [-0.25, -0.2) is 4.98 Å². The Labute approximate surface area is 109 Å². The van der Waals surface area contributed by atoms with E-state index in [4.69, 9.17) is 9.47 Å². The van der Waals surface area contributed by atoms with Crippen molar-refractivity contribution in [3.63, 3.8) is 0 Å². The second-order valence-electron chi connectivity index (χ2n) is 3.65. The zero-order valence-electron chi connectivity index (χ0n) is 10.4. The minimum absolute atomic E-state index is 0.0591. The Bertz CT molecular complexity index is 577. The van der Waals surface area contributed by atoms with Crippen molar-refractivity contribution >= 4 is 17.1 Å². The summed E-state index contributed by atoms with van der Waals surface area (Å²) in [6, 6.07) is 5.48. The van der Waals surface area contributed by atoms with E-state index in [1.165, 1.54) is 18.3 Å². The summed E-state index contributed by atoms with van der Waals surface area (Å²) in [5.41, 5.74) is 2.95. The zero-order valence-corrected chi connectivity index (χ0v) is 11.2. The molecular formula is C13H13NO3S. The van der Waals surface area contributed by atoms with Crippen molar-refractivity contribution in [3.8, 4) is 21.9 Å². The number of carbonyl (C=O) groups is 1. The molecule has 0 aliphatic rings. The third-order valence-corrected chi connectivity index (χ3v) is 3.41. The van der Waals surface area contributed by atoms with Gasteiger partial charge < -0.3 is 9.47 Å². The first-order chi connectivity index (χ1) is 8.67. The summed E-state index contributed by atoms with van der Waals surface area (Å²) in [5, 5.41) is 0. The predicted molar refractivity (Wildman–Crippen MR) is 70.7 cm³/mol. The molecule has 94 valence electrons. The summed E-state index contributed by atoms with van der Waals surface area (Å²) in [7, 11) is 3.20. The van der Waals surface area contributed by atoms with Crippen LogP contribution in [0.2, 0.25) is 0 Å². The monoisotopic (exact) mass is 263 g/mol. The molecule has 0 atom stereocenters. The Morgan fingerprint density at radius 3 is 2.67 bits per heavy atom. The van der Waals surface area contributed by atoms with Gasteiger partial charge in [0.1, 0.15) is 17.2 Å². The number of ketones is 1. The van der Waals surface area contributed by atoms with Crippen LogP contribution in [0.1, 0.15) is 17.4 Å². The van der Waals surface area contributed by atoms with Crippen molar-refractivity contribution in [2.24, 2.45) is 0 Å². The molecule has 0 spiro atoms. The van der Waals surface area contributed by atoms with Gasteiger partial charge in [-0.1, -0.05) is 0 Å². The Kier molecular flexibility index (Phi) is 3.62. The van der Waals surface area contributed by atoms with Gasteiger partial charge in [0.2, 0.25) is 0 Å². The number of Topliss-reactive ketones (excluding diaryl/α,β-unsaturated/α-hetero) is 1. The molecule has 0 aliphatic heterocycles. The Morgan fingerprint density at radius 1 is 1.28 bits per heavy atom. The molecule has 4 nitrogen and oxygen atoms in total. The molecule has 0 saturated heterocycles. The Morgan fingerprint density at radius 2 is 2.06 bits per heavy atom. The average Bonchev–Trinajstić information content (AvgIpc) is 2.87. The summed E-state index contributed by atoms with van der Waals surface area (Å²) in [4.78, 5) is 16.4. The van der Waals surface area contributed by atoms with E-state index in [0.29, 0.717) is 17.2 Å². The molecule has 1 heterocycles. The molecule has 18 heavy (non-hydrogen) atoms. The lowest BCUT2D eigenvalue weighted by Gasteiger charge is -2.09. The second-order valence-corrected chi connectivity index (χ2v) is 4.51. The quantitative estimate of drug-likeness (QED) is 0.795. The highest BCUT2D eigenvalue weighted by atomic mass is 32.1. The van der Waals surface area contributed by atoms with Crippen LogP contribution >= 0.6 is 11.3 Å². The lowest BCUT2D eigenvalue weighted by molar-refractivity contribution is 0.101. The number of methoxy groups -OCH3 is 2. The fraction of sp³-hybridized carbons (Fsp3) is 0.231. The molecule has 2 rings (SSSR count). The summed E-state index contributed by atoms with van der Waals surface area (Å²) in [5.74, 6) is 1.35. The van der Waals surface area contributed by atoms with E-state index in [-0.39, 0.29) is 5.78 Å². The molecule has 2 aromatic rings. The molecule has 0 saturated carbocycles. The van der Waals surface area contributed by atoms with Gasteiger partial charge >= 0.3 is 0 Å². The Balaban J connectivity index is 2.61. The molecule has 5 heteroatoms. The van der Waals surface area contributed by atoms with Crippen LogP contribution in [0, 0.1) is 0 Å². The summed E-state index contributed by atoms with van der Waals surface area (Å²) >= 11 is 1.41. The molecule has 0 radical (unpaired) electrons. The molecule has 0 unspecified atom stereocenters. The number of aromatic nitrogens is 1. The minimum atomic E-state index is -0.0591. The lowest BCUT2D eigenvalue weighted by Crippen LogP contribution is -1.96. The molecular weight excluding hydrogens is 250 g/mol. The van der Waals surface area contributed by atoms with Gasteiger partial charge in [-0.2, -0.15) is 0 Å². The van der Waals surface area contributed by atoms with Crippen LogP contribution < -0.4 is 9.47 Å². The fourth-order valence-electron chi connectivity index (χ4n) is 1.68. The van der Waals surface area contributed by atoms with E-state index in [9.17, 15) is 4.79 Å². The third kappa shape index (κ3) is 2.22. The maximum absolute atomic E-state index is 11.5. The summed E-state index contributed by atoms with van der Waals surface area (Å²) in [6.45, 7) is 1.51. The zero-order chi connectivity index (χ0) is 13.1. The first kappa shape index (κ1) is 12.6. The Hall–Kier alpha value is -1.88. The molecule has 0 fully saturated rings. The van der Waals surface area contributed by atoms with Crippen LogP contribution in [-0.4, -0.2) is 25.0 Å². The van der Waals surface area contributed by atoms with Gasteiger partial charge in [-0.3, -0.25) is 4.79 Å². The third-order valence-electron chi connectivity index (χ3n) is 2.55. The standard InChI is InChI=1S/C13H13NO3S/c1-8(15)12-13(18-7-14-12)10-6-9(16-2)4-5-11(10)17-3/h4-7H,1-3H3. The highest BCUT2D eigenvalue weighted by Crippen LogP contribution is 2.37. The maximum atomic E-state index is 11.5. The fourth-order valence-corrected chi connectivity index (χ4v) is 2.54. The van der Waals surface area contributed by atoms with Crippen LogP contribution in [-0.2, 0) is 0 Å². The van der Waals surface area contributed by atoms with E-state index in [0.717, 1.165) is 10.4 Å². The van der Waals surface area contributed by atoms with E-state index in [2.05, 4.69) is 4.98 Å². The van der Waals surface area contributed by atoms with E-state index < -0.39 is 0 Å². The van der Waals surface area contributed by atoms with Crippen molar-refractivity contribution in [3.05, 3.63) is 29.4 Å². The van der Waals surface area contributed by atoms with Crippen molar-refractivity contribution in [1.29, 1.82) is 0 Å². The molecule has 1 aromatic heterocycles. The normalized spacial score (nSPS) is 10.2. The van der Waals surface area contributed by atoms with Crippen LogP contribution in [0.25, 0.3) is 10.4 Å². The first-order valence-electron chi connectivity index (χ1n) is 5.34. The first-order valence-corrected chi connectivity index (χ1v) is 6.22. The summed E-state index contributed by atoms with van der Waals surface area (Å²) in [6.07, 6.45) is 0. The number of nitrogens with zero attached hydrogens (tertiary/aromatic N) is 1. The van der Waals surface area contributed by atoms with Gasteiger partial charge in [-0.15, -0.1) is 11.3 Å². The van der Waals surface area contributed by atoms with Gasteiger partial charge in [0, 0.05) is 12.5 Å².